The molecule has 1 aliphatic carbocycles. The molecule has 0 unspecified atom stereocenters. The first-order valence-corrected chi connectivity index (χ1v) is 11.5. The molecule has 4 rings (SSSR count). The summed E-state index contributed by atoms with van der Waals surface area (Å²) in [5, 5.41) is 2.98. The highest BCUT2D eigenvalue weighted by atomic mass is 16.5. The van der Waals surface area contributed by atoms with Crippen LogP contribution >= 0.6 is 0 Å². The summed E-state index contributed by atoms with van der Waals surface area (Å²) in [5.41, 5.74) is 3.14. The van der Waals surface area contributed by atoms with Crippen molar-refractivity contribution in [1.29, 1.82) is 0 Å². The normalized spacial score (nSPS) is 20.1. The van der Waals surface area contributed by atoms with Crippen LogP contribution in [0.1, 0.15) is 56.1 Å². The lowest BCUT2D eigenvalue weighted by Crippen LogP contribution is -2.38. The molecule has 2 aromatic carbocycles. The van der Waals surface area contributed by atoms with Gasteiger partial charge in [-0.3, -0.25) is 9.59 Å². The van der Waals surface area contributed by atoms with Gasteiger partial charge in [0.15, 0.2) is 17.3 Å². The number of allylic oxidation sites excluding steroid dienone is 2. The molecule has 0 saturated heterocycles. The second-order valence-corrected chi connectivity index (χ2v) is 8.89. The van der Waals surface area contributed by atoms with Gasteiger partial charge < -0.3 is 24.3 Å². The molecule has 0 aromatic heterocycles. The number of ketones is 1. The number of Topliss-reactive ketones (excluding diaryl/α,β-unsaturated/α-hetero) is 1. The SMILES string of the molecule is COc1cc([C@H]2CC(=O)C3=C(C2)NC(=O)C[C@@H]3c2ccccc2OC(C)C)cc(OC)c1OC. The molecule has 1 N–H and O–H groups in total. The van der Waals surface area contributed by atoms with E-state index in [1.807, 2.05) is 50.2 Å². The highest BCUT2D eigenvalue weighted by Gasteiger charge is 2.39. The molecule has 7 nitrogen and oxygen atoms in total. The second-order valence-electron chi connectivity index (χ2n) is 8.89. The number of nitrogens with one attached hydrogen (secondary N) is 1. The smallest absolute Gasteiger partial charge is 0.225 e. The molecule has 2 aliphatic rings. The molecule has 0 bridgehead atoms. The average Bonchev–Trinajstić information content (AvgIpc) is 2.82. The first-order valence-electron chi connectivity index (χ1n) is 11.5. The molecular formula is C27H31NO6. The van der Waals surface area contributed by atoms with Gasteiger partial charge in [-0.05, 0) is 49.9 Å². The van der Waals surface area contributed by atoms with Crippen LogP contribution in [0.2, 0.25) is 0 Å². The van der Waals surface area contributed by atoms with E-state index in [1.165, 1.54) is 0 Å². The molecule has 0 saturated carbocycles. The molecule has 0 fully saturated rings. The summed E-state index contributed by atoms with van der Waals surface area (Å²) < 4.78 is 22.4. The van der Waals surface area contributed by atoms with Crippen molar-refractivity contribution in [1.82, 2.24) is 5.32 Å². The third-order valence-corrected chi connectivity index (χ3v) is 6.35. The van der Waals surface area contributed by atoms with Crippen molar-refractivity contribution in [2.24, 2.45) is 0 Å². The van der Waals surface area contributed by atoms with Crippen molar-refractivity contribution in [3.63, 3.8) is 0 Å². The molecule has 34 heavy (non-hydrogen) atoms. The van der Waals surface area contributed by atoms with Crippen LogP contribution in [0.15, 0.2) is 47.7 Å². The zero-order chi connectivity index (χ0) is 24.4. The monoisotopic (exact) mass is 465 g/mol. The predicted octanol–water partition coefficient (Wildman–Crippen LogP) is 4.50. The summed E-state index contributed by atoms with van der Waals surface area (Å²) in [5.74, 6) is 1.77. The lowest BCUT2D eigenvalue weighted by atomic mass is 9.73. The Morgan fingerprint density at radius 1 is 0.882 bits per heavy atom. The van der Waals surface area contributed by atoms with Crippen LogP contribution in [0.5, 0.6) is 23.0 Å². The first kappa shape index (κ1) is 23.7. The summed E-state index contributed by atoms with van der Waals surface area (Å²) >= 11 is 0. The molecule has 2 aromatic rings. The Balaban J connectivity index is 1.73. The quantitative estimate of drug-likeness (QED) is 0.648. The number of carbonyl (C=O) groups excluding carboxylic acids is 2. The third-order valence-electron chi connectivity index (χ3n) is 6.35. The maximum absolute atomic E-state index is 13.5. The molecule has 2 atom stereocenters. The van der Waals surface area contributed by atoms with Gasteiger partial charge in [-0.25, -0.2) is 0 Å². The van der Waals surface area contributed by atoms with E-state index in [9.17, 15) is 9.59 Å². The predicted molar refractivity (Wildman–Crippen MR) is 128 cm³/mol. The summed E-state index contributed by atoms with van der Waals surface area (Å²) in [6.45, 7) is 3.92. The Labute approximate surface area is 200 Å². The van der Waals surface area contributed by atoms with Gasteiger partial charge in [-0.1, -0.05) is 18.2 Å². The van der Waals surface area contributed by atoms with Crippen molar-refractivity contribution in [3.8, 4) is 23.0 Å². The van der Waals surface area contributed by atoms with Crippen molar-refractivity contribution >= 4 is 11.7 Å². The van der Waals surface area contributed by atoms with Gasteiger partial charge in [-0.2, -0.15) is 0 Å². The molecule has 7 heteroatoms. The van der Waals surface area contributed by atoms with E-state index >= 15 is 0 Å². The van der Waals surface area contributed by atoms with Crippen molar-refractivity contribution < 1.29 is 28.5 Å². The van der Waals surface area contributed by atoms with E-state index in [1.54, 1.807) is 21.3 Å². The molecular weight excluding hydrogens is 434 g/mol. The highest BCUT2D eigenvalue weighted by Crippen LogP contribution is 2.47. The van der Waals surface area contributed by atoms with Crippen molar-refractivity contribution in [3.05, 3.63) is 58.8 Å². The van der Waals surface area contributed by atoms with Crippen LogP contribution in [0, 0.1) is 0 Å². The zero-order valence-corrected chi connectivity index (χ0v) is 20.3. The Morgan fingerprint density at radius 2 is 1.56 bits per heavy atom. The lowest BCUT2D eigenvalue weighted by molar-refractivity contribution is -0.122. The number of carbonyl (C=O) groups is 2. The Morgan fingerprint density at radius 3 is 2.18 bits per heavy atom. The van der Waals surface area contributed by atoms with Gasteiger partial charge in [0.1, 0.15) is 5.75 Å². The van der Waals surface area contributed by atoms with Gasteiger partial charge in [-0.15, -0.1) is 0 Å². The van der Waals surface area contributed by atoms with Crippen LogP contribution in [0.4, 0.5) is 0 Å². The molecule has 0 spiro atoms. The van der Waals surface area contributed by atoms with Crippen LogP contribution < -0.4 is 24.3 Å². The van der Waals surface area contributed by atoms with E-state index in [-0.39, 0.29) is 36.1 Å². The number of hydrogen-bond donors (Lipinski definition) is 1. The Hall–Kier alpha value is -3.48. The number of para-hydroxylation sites is 1. The standard InChI is InChI=1S/C27H31NO6/c1-15(2)34-22-9-7-6-8-18(22)19-14-25(30)28-20-10-16(11-21(29)26(19)20)17-12-23(31-3)27(33-5)24(13-17)32-4/h6-9,12-13,15-16,19H,10-11,14H2,1-5H3,(H,28,30)/t16-,19-/m1/s1. The number of benzene rings is 2. The first-order chi connectivity index (χ1) is 16.4. The molecule has 0 radical (unpaired) electrons. The van der Waals surface area contributed by atoms with Gasteiger partial charge in [0.05, 0.1) is 27.4 Å². The van der Waals surface area contributed by atoms with E-state index in [2.05, 4.69) is 5.32 Å². The van der Waals surface area contributed by atoms with Gasteiger partial charge >= 0.3 is 0 Å². The number of rotatable bonds is 7. The van der Waals surface area contributed by atoms with Gasteiger partial charge in [0, 0.05) is 35.6 Å². The van der Waals surface area contributed by atoms with Crippen molar-refractivity contribution in [2.75, 3.05) is 21.3 Å². The van der Waals surface area contributed by atoms with Crippen LogP contribution in [0.25, 0.3) is 0 Å². The lowest BCUT2D eigenvalue weighted by Gasteiger charge is -2.35. The Bertz CT molecular complexity index is 1110. The average molecular weight is 466 g/mol. The number of hydrogen-bond acceptors (Lipinski definition) is 6. The van der Waals surface area contributed by atoms with E-state index < -0.39 is 0 Å². The second kappa shape index (κ2) is 9.79. The molecule has 1 heterocycles. The van der Waals surface area contributed by atoms with Crippen LogP contribution in [-0.4, -0.2) is 39.1 Å². The topological polar surface area (TPSA) is 83.1 Å². The minimum absolute atomic E-state index is 0.0153. The summed E-state index contributed by atoms with van der Waals surface area (Å²) in [6, 6.07) is 11.4. The minimum atomic E-state index is -0.327. The third kappa shape index (κ3) is 4.47. The van der Waals surface area contributed by atoms with Crippen LogP contribution in [-0.2, 0) is 9.59 Å². The minimum Gasteiger partial charge on any atom is -0.493 e. The zero-order valence-electron chi connectivity index (χ0n) is 20.3. The molecule has 1 aliphatic heterocycles. The largest absolute Gasteiger partial charge is 0.493 e. The fourth-order valence-corrected chi connectivity index (χ4v) is 4.93. The fraction of sp³-hybridized carbons (Fsp3) is 0.407. The van der Waals surface area contributed by atoms with Gasteiger partial charge in [0.25, 0.3) is 0 Å². The van der Waals surface area contributed by atoms with E-state index in [0.717, 1.165) is 11.1 Å². The number of amides is 1. The van der Waals surface area contributed by atoms with E-state index in [0.29, 0.717) is 47.1 Å². The fourth-order valence-electron chi connectivity index (χ4n) is 4.93. The Kier molecular flexibility index (Phi) is 6.82. The highest BCUT2D eigenvalue weighted by molar-refractivity contribution is 6.02. The van der Waals surface area contributed by atoms with Gasteiger partial charge in [0.2, 0.25) is 11.7 Å². The number of ether oxygens (including phenoxy) is 4. The summed E-state index contributed by atoms with van der Waals surface area (Å²) in [4.78, 5) is 26.2. The number of methoxy groups -OCH3 is 3. The molecule has 180 valence electrons. The maximum Gasteiger partial charge on any atom is 0.225 e. The summed E-state index contributed by atoms with van der Waals surface area (Å²) in [7, 11) is 4.69. The van der Waals surface area contributed by atoms with E-state index in [4.69, 9.17) is 18.9 Å². The molecule has 1 amide bonds. The summed E-state index contributed by atoms with van der Waals surface area (Å²) in [6.07, 6.45) is 1.07. The maximum atomic E-state index is 13.5. The van der Waals surface area contributed by atoms with Crippen molar-refractivity contribution in [2.45, 2.75) is 51.0 Å². The van der Waals surface area contributed by atoms with Crippen LogP contribution in [0.3, 0.4) is 0 Å².